The van der Waals surface area contributed by atoms with Gasteiger partial charge in [0.2, 0.25) is 0 Å². The Kier molecular flexibility index (Phi) is 4.58. The third-order valence-corrected chi connectivity index (χ3v) is 6.15. The number of fused-ring (bicyclic) bond motifs is 3. The lowest BCUT2D eigenvalue weighted by Gasteiger charge is -2.25. The Labute approximate surface area is 169 Å². The lowest BCUT2D eigenvalue weighted by atomic mass is 9.94. The molecular formula is C24H24N2O3. The fourth-order valence-corrected chi connectivity index (χ4v) is 4.77. The lowest BCUT2D eigenvalue weighted by Crippen LogP contribution is -2.24. The van der Waals surface area contributed by atoms with Gasteiger partial charge in [-0.3, -0.25) is 4.79 Å². The van der Waals surface area contributed by atoms with Crippen molar-refractivity contribution in [3.63, 3.8) is 0 Å². The first-order chi connectivity index (χ1) is 14.3. The molecule has 5 nitrogen and oxygen atoms in total. The second-order valence-corrected chi connectivity index (χ2v) is 7.94. The van der Waals surface area contributed by atoms with Crippen LogP contribution in [0, 0.1) is 0 Å². The molecule has 0 spiro atoms. The van der Waals surface area contributed by atoms with Gasteiger partial charge in [0.15, 0.2) is 6.29 Å². The predicted octanol–water partition coefficient (Wildman–Crippen LogP) is 5.41. The molecule has 2 aromatic carbocycles. The van der Waals surface area contributed by atoms with Crippen LogP contribution in [-0.4, -0.2) is 29.6 Å². The van der Waals surface area contributed by atoms with E-state index in [1.807, 2.05) is 36.4 Å². The van der Waals surface area contributed by atoms with Crippen molar-refractivity contribution in [3.8, 4) is 11.1 Å². The Morgan fingerprint density at radius 3 is 2.72 bits per heavy atom. The third-order valence-electron chi connectivity index (χ3n) is 6.15. The van der Waals surface area contributed by atoms with E-state index in [-0.39, 0.29) is 6.09 Å². The van der Waals surface area contributed by atoms with E-state index >= 15 is 0 Å². The van der Waals surface area contributed by atoms with E-state index in [2.05, 4.69) is 11.4 Å². The molecule has 0 unspecified atom stereocenters. The fraction of sp³-hybridized carbons (Fsp3) is 0.333. The highest BCUT2D eigenvalue weighted by atomic mass is 16.6. The van der Waals surface area contributed by atoms with Gasteiger partial charge in [0.1, 0.15) is 0 Å². The molecule has 1 N–H and O–H groups in total. The molecule has 5 rings (SSSR count). The van der Waals surface area contributed by atoms with Crippen molar-refractivity contribution in [2.75, 3.05) is 11.9 Å². The van der Waals surface area contributed by atoms with Crippen LogP contribution in [0.5, 0.6) is 0 Å². The van der Waals surface area contributed by atoms with E-state index in [9.17, 15) is 9.59 Å². The largest absolute Gasteiger partial charge is 0.448 e. The van der Waals surface area contributed by atoms with Crippen molar-refractivity contribution >= 4 is 29.0 Å². The lowest BCUT2D eigenvalue weighted by molar-refractivity contribution is 0.112. The molecule has 1 saturated carbocycles. The number of hydrogen-bond donors (Lipinski definition) is 1. The molecule has 2 aliphatic rings. The first-order valence-corrected chi connectivity index (χ1v) is 10.4. The maximum atomic E-state index is 12.5. The number of aldehydes is 1. The molecule has 1 aliphatic heterocycles. The zero-order chi connectivity index (χ0) is 19.8. The molecule has 0 amide bonds. The summed E-state index contributed by atoms with van der Waals surface area (Å²) < 4.78 is 6.98. The second kappa shape index (κ2) is 7.39. The fourth-order valence-electron chi connectivity index (χ4n) is 4.77. The number of aromatic nitrogens is 1. The summed E-state index contributed by atoms with van der Waals surface area (Å²) in [5.74, 6) is 0. The maximum absolute atomic E-state index is 12.5. The number of anilines is 1. The van der Waals surface area contributed by atoms with E-state index in [4.69, 9.17) is 4.74 Å². The second-order valence-electron chi connectivity index (χ2n) is 7.94. The highest BCUT2D eigenvalue weighted by molar-refractivity contribution is 6.04. The van der Waals surface area contributed by atoms with Crippen molar-refractivity contribution in [1.29, 1.82) is 0 Å². The third kappa shape index (κ3) is 3.11. The minimum absolute atomic E-state index is 0.321. The van der Waals surface area contributed by atoms with Gasteiger partial charge in [-0.25, -0.2) is 9.36 Å². The number of para-hydroxylation sites is 1. The zero-order valence-electron chi connectivity index (χ0n) is 16.3. The Balaban J connectivity index is 1.64. The summed E-state index contributed by atoms with van der Waals surface area (Å²) in [4.78, 5) is 24.1. The van der Waals surface area contributed by atoms with E-state index < -0.39 is 0 Å². The Morgan fingerprint density at radius 1 is 1.07 bits per heavy atom. The first kappa shape index (κ1) is 18.0. The van der Waals surface area contributed by atoms with Crippen molar-refractivity contribution in [2.45, 2.75) is 44.6 Å². The SMILES string of the molecule is O=Cc1ccc(-c2c3n(c4ccccc24)C(=O)OCC3)cc1NC1CCCCC1. The number of carbonyl (C=O) groups excluding carboxylic acids is 2. The standard InChI is InChI=1S/C24H24N2O3/c27-15-17-11-10-16(14-20(17)25-18-6-2-1-3-7-18)23-19-8-4-5-9-21(19)26-22(23)12-13-29-24(26)28/h4-5,8-11,14-15,18,25H,1-3,6-7,12-13H2. The molecule has 0 radical (unpaired) electrons. The van der Waals surface area contributed by atoms with E-state index in [0.717, 1.165) is 52.5 Å². The van der Waals surface area contributed by atoms with Gasteiger partial charge in [-0.2, -0.15) is 0 Å². The van der Waals surface area contributed by atoms with E-state index in [1.165, 1.54) is 19.3 Å². The highest BCUT2D eigenvalue weighted by Crippen LogP contribution is 2.38. The van der Waals surface area contributed by atoms with Gasteiger partial charge < -0.3 is 10.1 Å². The Morgan fingerprint density at radius 2 is 1.90 bits per heavy atom. The highest BCUT2D eigenvalue weighted by Gasteiger charge is 2.27. The molecule has 0 saturated heterocycles. The van der Waals surface area contributed by atoms with Gasteiger partial charge in [-0.05, 0) is 36.6 Å². The normalized spacial score (nSPS) is 17.0. The predicted molar refractivity (Wildman–Crippen MR) is 114 cm³/mol. The molecule has 2 heterocycles. The number of cyclic esters (lactones) is 1. The molecule has 1 fully saturated rings. The molecule has 1 aliphatic carbocycles. The van der Waals surface area contributed by atoms with E-state index in [1.54, 1.807) is 4.57 Å². The summed E-state index contributed by atoms with van der Waals surface area (Å²) in [7, 11) is 0. The van der Waals surface area contributed by atoms with Crippen molar-refractivity contribution in [2.24, 2.45) is 0 Å². The Bertz CT molecular complexity index is 1090. The van der Waals surface area contributed by atoms with Gasteiger partial charge in [0, 0.05) is 40.4 Å². The summed E-state index contributed by atoms with van der Waals surface area (Å²) in [5.41, 5.74) is 5.48. The van der Waals surface area contributed by atoms with E-state index in [0.29, 0.717) is 24.6 Å². The van der Waals surface area contributed by atoms with Crippen molar-refractivity contribution in [1.82, 2.24) is 4.57 Å². The van der Waals surface area contributed by atoms with Gasteiger partial charge >= 0.3 is 6.09 Å². The summed E-state index contributed by atoms with van der Waals surface area (Å²) in [6, 6.07) is 14.3. The van der Waals surface area contributed by atoms with Crippen LogP contribution in [0.4, 0.5) is 10.5 Å². The average Bonchev–Trinajstić information content (AvgIpc) is 3.10. The van der Waals surface area contributed by atoms with Gasteiger partial charge in [0.05, 0.1) is 12.1 Å². The summed E-state index contributed by atoms with van der Waals surface area (Å²) in [5, 5.41) is 4.64. The summed E-state index contributed by atoms with van der Waals surface area (Å²) >= 11 is 0. The van der Waals surface area contributed by atoms with Crippen LogP contribution in [0.25, 0.3) is 22.0 Å². The number of nitrogens with one attached hydrogen (secondary N) is 1. The van der Waals surface area contributed by atoms with Crippen LogP contribution in [0.3, 0.4) is 0 Å². The minimum atomic E-state index is -0.321. The molecule has 29 heavy (non-hydrogen) atoms. The van der Waals surface area contributed by atoms with Crippen LogP contribution in [-0.2, 0) is 11.2 Å². The average molecular weight is 388 g/mol. The first-order valence-electron chi connectivity index (χ1n) is 10.4. The Hall–Kier alpha value is -3.08. The quantitative estimate of drug-likeness (QED) is 0.608. The van der Waals surface area contributed by atoms with Gasteiger partial charge in [-0.15, -0.1) is 0 Å². The molecule has 5 heteroatoms. The summed E-state index contributed by atoms with van der Waals surface area (Å²) in [6.45, 7) is 0.391. The smallest absolute Gasteiger partial charge is 0.418 e. The van der Waals surface area contributed by atoms with Crippen LogP contribution >= 0.6 is 0 Å². The number of rotatable bonds is 4. The topological polar surface area (TPSA) is 60.3 Å². The van der Waals surface area contributed by atoms with Crippen LogP contribution in [0.15, 0.2) is 42.5 Å². The number of hydrogen-bond acceptors (Lipinski definition) is 4. The van der Waals surface area contributed by atoms with Crippen LogP contribution < -0.4 is 5.32 Å². The number of carbonyl (C=O) groups is 2. The number of ether oxygens (including phenoxy) is 1. The molecule has 1 aromatic heterocycles. The molecule has 0 bridgehead atoms. The van der Waals surface area contributed by atoms with Crippen molar-refractivity contribution < 1.29 is 14.3 Å². The monoisotopic (exact) mass is 388 g/mol. The zero-order valence-corrected chi connectivity index (χ0v) is 16.3. The summed E-state index contributed by atoms with van der Waals surface area (Å²) in [6.07, 6.45) is 7.30. The van der Waals surface area contributed by atoms with Crippen LogP contribution in [0.2, 0.25) is 0 Å². The number of benzene rings is 2. The number of nitrogens with zero attached hydrogens (tertiary/aromatic N) is 1. The molecule has 0 atom stereocenters. The minimum Gasteiger partial charge on any atom is -0.448 e. The molecule has 148 valence electrons. The maximum Gasteiger partial charge on any atom is 0.418 e. The van der Waals surface area contributed by atoms with Crippen molar-refractivity contribution in [3.05, 3.63) is 53.7 Å². The van der Waals surface area contributed by atoms with Gasteiger partial charge in [0.25, 0.3) is 0 Å². The molecular weight excluding hydrogens is 364 g/mol. The molecule has 3 aromatic rings. The van der Waals surface area contributed by atoms with Crippen LogP contribution in [0.1, 0.15) is 48.2 Å². The van der Waals surface area contributed by atoms with Gasteiger partial charge in [-0.1, -0.05) is 43.5 Å².